The average molecular weight is 349 g/mol. The van der Waals surface area contributed by atoms with E-state index in [1.165, 1.54) is 7.11 Å². The van der Waals surface area contributed by atoms with Gasteiger partial charge in [0.25, 0.3) is 0 Å². The van der Waals surface area contributed by atoms with Crippen LogP contribution in [0.2, 0.25) is 0 Å². The Kier molecular flexibility index (Phi) is 8.11. The summed E-state index contributed by atoms with van der Waals surface area (Å²) in [5, 5.41) is 0. The number of unbranched alkanes of at least 4 members (excludes halogenated alkanes) is 1. The molecule has 1 atom stereocenters. The van der Waals surface area contributed by atoms with Crippen LogP contribution in [0.25, 0.3) is 0 Å². The molecule has 0 aliphatic carbocycles. The minimum absolute atomic E-state index is 0.268. The number of imide groups is 1. The van der Waals surface area contributed by atoms with Crippen LogP contribution in [0.5, 0.6) is 0 Å². The largest absolute Gasteiger partial charge is 0.469 e. The Morgan fingerprint density at radius 2 is 1.80 bits per heavy atom. The van der Waals surface area contributed by atoms with E-state index in [0.29, 0.717) is 32.1 Å². The number of rotatable bonds is 8. The van der Waals surface area contributed by atoms with Gasteiger partial charge in [0.05, 0.1) is 13.2 Å². The second-order valence-corrected chi connectivity index (χ2v) is 6.74. The zero-order chi connectivity index (χ0) is 18.9. The van der Waals surface area contributed by atoms with Crippen LogP contribution in [0.1, 0.15) is 58.1 Å². The number of nitrogens with zero attached hydrogens (tertiary/aromatic N) is 1. The maximum absolute atomic E-state index is 12.4. The summed E-state index contributed by atoms with van der Waals surface area (Å²) in [6.45, 7) is 5.26. The monoisotopic (exact) mass is 349 g/mol. The molecule has 1 aromatic carbocycles. The first kappa shape index (κ1) is 20.7. The van der Waals surface area contributed by atoms with Gasteiger partial charge in [-0.15, -0.1) is 0 Å². The molecule has 0 radical (unpaired) electrons. The van der Waals surface area contributed by atoms with Gasteiger partial charge in [0.15, 0.2) is 0 Å². The van der Waals surface area contributed by atoms with Gasteiger partial charge in [-0.1, -0.05) is 36.8 Å². The number of hydrogen-bond donors (Lipinski definition) is 0. The summed E-state index contributed by atoms with van der Waals surface area (Å²) >= 11 is 0. The van der Waals surface area contributed by atoms with Crippen molar-refractivity contribution in [2.24, 2.45) is 0 Å². The van der Waals surface area contributed by atoms with Gasteiger partial charge in [-0.25, -0.2) is 9.69 Å². The third kappa shape index (κ3) is 7.37. The fourth-order valence-electron chi connectivity index (χ4n) is 2.41. The molecule has 1 rings (SSSR count). The Hall–Kier alpha value is -2.37. The van der Waals surface area contributed by atoms with Gasteiger partial charge in [-0.05, 0) is 39.2 Å². The van der Waals surface area contributed by atoms with Crippen LogP contribution >= 0.6 is 0 Å². The predicted molar refractivity (Wildman–Crippen MR) is 93.8 cm³/mol. The molecule has 25 heavy (non-hydrogen) atoms. The van der Waals surface area contributed by atoms with Crippen LogP contribution in [-0.4, -0.2) is 36.1 Å². The number of ether oxygens (including phenoxy) is 2. The van der Waals surface area contributed by atoms with E-state index in [2.05, 4.69) is 4.74 Å². The van der Waals surface area contributed by atoms with Gasteiger partial charge >= 0.3 is 12.1 Å². The third-order valence-electron chi connectivity index (χ3n) is 3.57. The molecule has 1 unspecified atom stereocenters. The van der Waals surface area contributed by atoms with Crippen LogP contribution in [0.3, 0.4) is 0 Å². The SMILES string of the molecule is COC(=O)CCCCC(c1ccccc1)N(C=O)C(=O)OC(C)(C)C. The van der Waals surface area contributed by atoms with Gasteiger partial charge in [-0.3, -0.25) is 9.59 Å². The van der Waals surface area contributed by atoms with Gasteiger partial charge in [-0.2, -0.15) is 0 Å². The molecule has 0 spiro atoms. The maximum Gasteiger partial charge on any atom is 0.417 e. The highest BCUT2D eigenvalue weighted by Crippen LogP contribution is 2.27. The highest BCUT2D eigenvalue weighted by atomic mass is 16.6. The summed E-state index contributed by atoms with van der Waals surface area (Å²) in [5.41, 5.74) is 0.156. The van der Waals surface area contributed by atoms with E-state index < -0.39 is 17.7 Å². The van der Waals surface area contributed by atoms with E-state index in [1.807, 2.05) is 30.3 Å². The molecule has 0 saturated carbocycles. The lowest BCUT2D eigenvalue weighted by Crippen LogP contribution is -2.38. The number of benzene rings is 1. The minimum atomic E-state index is -0.690. The molecule has 0 aliphatic heterocycles. The van der Waals surface area contributed by atoms with Crippen molar-refractivity contribution in [2.75, 3.05) is 7.11 Å². The second kappa shape index (κ2) is 9.81. The maximum atomic E-state index is 12.4. The molecule has 0 bridgehead atoms. The fraction of sp³-hybridized carbons (Fsp3) is 0.526. The highest BCUT2D eigenvalue weighted by Gasteiger charge is 2.29. The van der Waals surface area contributed by atoms with E-state index in [9.17, 15) is 14.4 Å². The Morgan fingerprint density at radius 3 is 2.32 bits per heavy atom. The van der Waals surface area contributed by atoms with Crippen molar-refractivity contribution >= 4 is 18.5 Å². The van der Waals surface area contributed by atoms with Crippen LogP contribution < -0.4 is 0 Å². The molecule has 0 heterocycles. The van der Waals surface area contributed by atoms with Crippen LogP contribution in [0.15, 0.2) is 30.3 Å². The average Bonchev–Trinajstić information content (AvgIpc) is 2.56. The number of hydrogen-bond acceptors (Lipinski definition) is 5. The molecule has 0 saturated heterocycles. The number of amides is 2. The summed E-state index contributed by atoms with van der Waals surface area (Å²) in [6, 6.07) is 8.88. The third-order valence-corrected chi connectivity index (χ3v) is 3.57. The van der Waals surface area contributed by atoms with E-state index in [0.717, 1.165) is 10.5 Å². The Bertz CT molecular complexity index is 565. The number of carbonyl (C=O) groups excluding carboxylic acids is 3. The summed E-state index contributed by atoms with van der Waals surface area (Å²) in [6.07, 6.45) is 1.97. The molecule has 138 valence electrons. The van der Waals surface area contributed by atoms with E-state index in [1.54, 1.807) is 20.8 Å². The molecule has 2 amide bonds. The molecule has 0 aliphatic rings. The zero-order valence-corrected chi connectivity index (χ0v) is 15.4. The van der Waals surface area contributed by atoms with Gasteiger partial charge in [0.2, 0.25) is 6.41 Å². The Labute approximate surface area is 149 Å². The molecule has 0 fully saturated rings. The standard InChI is InChI=1S/C19H27NO5/c1-19(2,3)25-18(23)20(14-21)16(15-10-6-5-7-11-15)12-8-9-13-17(22)24-4/h5-7,10-11,14,16H,8-9,12-13H2,1-4H3. The van der Waals surface area contributed by atoms with Gasteiger partial charge < -0.3 is 9.47 Å². The zero-order valence-electron chi connectivity index (χ0n) is 15.4. The first-order valence-corrected chi connectivity index (χ1v) is 8.37. The first-order chi connectivity index (χ1) is 11.8. The number of esters is 1. The molecule has 1 aromatic rings. The Morgan fingerprint density at radius 1 is 1.16 bits per heavy atom. The summed E-state index contributed by atoms with van der Waals surface area (Å²) in [5.74, 6) is -0.268. The molecular weight excluding hydrogens is 322 g/mol. The van der Waals surface area contributed by atoms with Gasteiger partial charge in [0, 0.05) is 6.42 Å². The quantitative estimate of drug-likeness (QED) is 0.405. The lowest BCUT2D eigenvalue weighted by atomic mass is 9.99. The molecule has 6 nitrogen and oxygen atoms in total. The highest BCUT2D eigenvalue weighted by molar-refractivity contribution is 5.81. The van der Waals surface area contributed by atoms with Crippen molar-refractivity contribution in [3.63, 3.8) is 0 Å². The molecule has 6 heteroatoms. The van der Waals surface area contributed by atoms with E-state index in [4.69, 9.17) is 4.74 Å². The number of methoxy groups -OCH3 is 1. The predicted octanol–water partition coefficient (Wildman–Crippen LogP) is 3.85. The normalized spacial score (nSPS) is 12.2. The van der Waals surface area contributed by atoms with Crippen LogP contribution in [0.4, 0.5) is 4.79 Å². The molecule has 0 N–H and O–H groups in total. The van der Waals surface area contributed by atoms with E-state index in [-0.39, 0.29) is 5.97 Å². The van der Waals surface area contributed by atoms with Crippen molar-refractivity contribution in [3.05, 3.63) is 35.9 Å². The number of carbonyl (C=O) groups is 3. The molecular formula is C19H27NO5. The fourth-order valence-corrected chi connectivity index (χ4v) is 2.41. The smallest absolute Gasteiger partial charge is 0.417 e. The van der Waals surface area contributed by atoms with E-state index >= 15 is 0 Å². The van der Waals surface area contributed by atoms with Crippen molar-refractivity contribution in [1.29, 1.82) is 0 Å². The summed E-state index contributed by atoms with van der Waals surface area (Å²) in [4.78, 5) is 36.3. The lowest BCUT2D eigenvalue weighted by molar-refractivity contribution is -0.140. The van der Waals surface area contributed by atoms with Crippen molar-refractivity contribution in [3.8, 4) is 0 Å². The van der Waals surface area contributed by atoms with Crippen molar-refractivity contribution < 1.29 is 23.9 Å². The van der Waals surface area contributed by atoms with Crippen molar-refractivity contribution in [2.45, 2.75) is 58.1 Å². The Balaban J connectivity index is 2.87. The van der Waals surface area contributed by atoms with Gasteiger partial charge in [0.1, 0.15) is 5.60 Å². The minimum Gasteiger partial charge on any atom is -0.469 e. The van der Waals surface area contributed by atoms with Crippen LogP contribution in [0, 0.1) is 0 Å². The lowest BCUT2D eigenvalue weighted by Gasteiger charge is -2.30. The van der Waals surface area contributed by atoms with Crippen LogP contribution in [-0.2, 0) is 19.1 Å². The first-order valence-electron chi connectivity index (χ1n) is 8.37. The molecule has 0 aromatic heterocycles. The summed E-state index contributed by atoms with van der Waals surface area (Å²) in [7, 11) is 1.35. The van der Waals surface area contributed by atoms with Crippen molar-refractivity contribution in [1.82, 2.24) is 4.90 Å². The summed E-state index contributed by atoms with van der Waals surface area (Å²) < 4.78 is 9.96. The topological polar surface area (TPSA) is 72.9 Å². The second-order valence-electron chi connectivity index (χ2n) is 6.74.